The van der Waals surface area contributed by atoms with Gasteiger partial charge in [-0.3, -0.25) is 10.2 Å². The summed E-state index contributed by atoms with van der Waals surface area (Å²) in [5.74, 6) is 0. The van der Waals surface area contributed by atoms with Gasteiger partial charge in [0.05, 0.1) is 34.7 Å². The molecular formula is C19H17F3N6. The van der Waals surface area contributed by atoms with Crippen LogP contribution in [0.2, 0.25) is 0 Å². The third kappa shape index (κ3) is 2.69. The Morgan fingerprint density at radius 1 is 0.964 bits per heavy atom. The predicted octanol–water partition coefficient (Wildman–Crippen LogP) is 4.51. The van der Waals surface area contributed by atoms with Crippen molar-refractivity contribution in [3.05, 3.63) is 36.3 Å². The van der Waals surface area contributed by atoms with Gasteiger partial charge in [0.2, 0.25) is 0 Å². The lowest BCUT2D eigenvalue weighted by Gasteiger charge is -2.30. The molecule has 6 nitrogen and oxygen atoms in total. The highest BCUT2D eigenvalue weighted by molar-refractivity contribution is 6.12. The zero-order valence-electron chi connectivity index (χ0n) is 14.8. The fourth-order valence-electron chi connectivity index (χ4n) is 3.95. The van der Waals surface area contributed by atoms with E-state index in [4.69, 9.17) is 0 Å². The molecule has 1 aliphatic heterocycles. The van der Waals surface area contributed by atoms with Gasteiger partial charge in [-0.2, -0.15) is 23.4 Å². The van der Waals surface area contributed by atoms with Gasteiger partial charge in [-0.1, -0.05) is 0 Å². The predicted molar refractivity (Wildman–Crippen MR) is 100 cm³/mol. The summed E-state index contributed by atoms with van der Waals surface area (Å²) in [6, 6.07) is 5.42. The average molecular weight is 386 g/mol. The molecule has 144 valence electrons. The summed E-state index contributed by atoms with van der Waals surface area (Å²) in [6.45, 7) is 1.73. The highest BCUT2D eigenvalue weighted by Crippen LogP contribution is 2.39. The number of H-pyrrole nitrogens is 2. The van der Waals surface area contributed by atoms with Gasteiger partial charge in [0, 0.05) is 29.5 Å². The number of nitrogens with one attached hydrogen (secondary N) is 2. The van der Waals surface area contributed by atoms with E-state index in [0.717, 1.165) is 54.3 Å². The van der Waals surface area contributed by atoms with Crippen LogP contribution in [0.4, 0.5) is 18.9 Å². The number of anilines is 1. The number of fused-ring (bicyclic) bond motifs is 3. The van der Waals surface area contributed by atoms with Crippen LogP contribution in [-0.4, -0.2) is 38.5 Å². The first kappa shape index (κ1) is 17.0. The van der Waals surface area contributed by atoms with Crippen molar-refractivity contribution in [2.24, 2.45) is 0 Å². The minimum atomic E-state index is -4.53. The molecule has 1 aliphatic rings. The zero-order valence-corrected chi connectivity index (χ0v) is 14.8. The van der Waals surface area contributed by atoms with Crippen molar-refractivity contribution in [2.75, 3.05) is 18.0 Å². The molecule has 28 heavy (non-hydrogen) atoms. The fourth-order valence-corrected chi connectivity index (χ4v) is 3.95. The van der Waals surface area contributed by atoms with Crippen LogP contribution in [-0.2, 0) is 6.18 Å². The molecular weight excluding hydrogens is 369 g/mol. The lowest BCUT2D eigenvalue weighted by Crippen LogP contribution is -2.29. The topological polar surface area (TPSA) is 73.5 Å². The normalized spacial score (nSPS) is 15.6. The van der Waals surface area contributed by atoms with Crippen LogP contribution >= 0.6 is 0 Å². The highest BCUT2D eigenvalue weighted by atomic mass is 19.4. The monoisotopic (exact) mass is 386 g/mol. The molecule has 0 atom stereocenters. The molecule has 0 spiro atoms. The molecule has 0 bridgehead atoms. The second-order valence-electron chi connectivity index (χ2n) is 7.02. The Labute approximate surface area is 157 Å². The molecule has 4 aromatic rings. The van der Waals surface area contributed by atoms with E-state index in [1.165, 1.54) is 6.20 Å². The van der Waals surface area contributed by atoms with Crippen molar-refractivity contribution < 1.29 is 13.2 Å². The van der Waals surface area contributed by atoms with Gasteiger partial charge < -0.3 is 4.90 Å². The van der Waals surface area contributed by atoms with Crippen molar-refractivity contribution in [3.63, 3.8) is 0 Å². The Balaban J connectivity index is 1.79. The van der Waals surface area contributed by atoms with E-state index in [-0.39, 0.29) is 11.3 Å². The molecule has 0 aliphatic carbocycles. The lowest BCUT2D eigenvalue weighted by molar-refractivity contribution is -0.140. The van der Waals surface area contributed by atoms with E-state index in [1.807, 2.05) is 12.1 Å². The molecule has 1 aromatic carbocycles. The van der Waals surface area contributed by atoms with Gasteiger partial charge in [0.25, 0.3) is 0 Å². The molecule has 9 heteroatoms. The van der Waals surface area contributed by atoms with Gasteiger partial charge in [0.15, 0.2) is 0 Å². The Morgan fingerprint density at radius 3 is 2.54 bits per heavy atom. The van der Waals surface area contributed by atoms with E-state index < -0.39 is 11.9 Å². The third-order valence-electron chi connectivity index (χ3n) is 5.27. The molecule has 0 unspecified atom stereocenters. The summed E-state index contributed by atoms with van der Waals surface area (Å²) in [7, 11) is 0. The quantitative estimate of drug-likeness (QED) is 0.532. The molecule has 0 saturated carbocycles. The van der Waals surface area contributed by atoms with Crippen molar-refractivity contribution in [3.8, 4) is 11.3 Å². The van der Waals surface area contributed by atoms with E-state index in [2.05, 4.69) is 30.3 Å². The standard InChI is InChI=1S/C19H17F3N6/c20-19(21,22)18-12(10-24-27-18)15-8-16(28-6-2-1-3-7-28)17-11-9-23-26-13(11)4-5-14(17)25-15/h4-5,8-10H,1-3,6-7H2,(H,23,26)(H,24,27). The maximum absolute atomic E-state index is 13.4. The summed E-state index contributed by atoms with van der Waals surface area (Å²) in [5.41, 5.74) is 1.74. The van der Waals surface area contributed by atoms with Gasteiger partial charge in [-0.05, 0) is 37.5 Å². The molecule has 4 heterocycles. The molecule has 1 saturated heterocycles. The third-order valence-corrected chi connectivity index (χ3v) is 5.27. The maximum Gasteiger partial charge on any atom is 0.433 e. The number of piperidine rings is 1. The molecule has 5 rings (SSSR count). The number of pyridine rings is 1. The number of halogens is 3. The first-order valence-electron chi connectivity index (χ1n) is 9.15. The number of rotatable bonds is 2. The van der Waals surface area contributed by atoms with Crippen molar-refractivity contribution >= 4 is 27.5 Å². The summed E-state index contributed by atoms with van der Waals surface area (Å²) >= 11 is 0. The largest absolute Gasteiger partial charge is 0.433 e. The van der Waals surface area contributed by atoms with Crippen molar-refractivity contribution in [1.82, 2.24) is 25.4 Å². The fraction of sp³-hybridized carbons (Fsp3) is 0.316. The summed E-state index contributed by atoms with van der Waals surface area (Å²) in [4.78, 5) is 6.78. The van der Waals surface area contributed by atoms with Crippen molar-refractivity contribution in [1.29, 1.82) is 0 Å². The zero-order chi connectivity index (χ0) is 19.3. The smallest absolute Gasteiger partial charge is 0.371 e. The summed E-state index contributed by atoms with van der Waals surface area (Å²) in [5, 5.41) is 14.6. The van der Waals surface area contributed by atoms with E-state index >= 15 is 0 Å². The lowest BCUT2D eigenvalue weighted by atomic mass is 10.0. The number of aromatic amines is 2. The number of alkyl halides is 3. The van der Waals surface area contributed by atoms with Gasteiger partial charge >= 0.3 is 6.18 Å². The first-order valence-corrected chi connectivity index (χ1v) is 9.15. The van der Waals surface area contributed by atoms with Gasteiger partial charge in [0.1, 0.15) is 5.69 Å². The molecule has 0 radical (unpaired) electrons. The number of nitrogens with zero attached hydrogens (tertiary/aromatic N) is 4. The Hall–Kier alpha value is -3.10. The number of hydrogen-bond donors (Lipinski definition) is 2. The number of hydrogen-bond acceptors (Lipinski definition) is 4. The minimum Gasteiger partial charge on any atom is -0.371 e. The second kappa shape index (κ2) is 6.22. The molecule has 3 aromatic heterocycles. The Bertz CT molecular complexity index is 1150. The molecule has 1 fully saturated rings. The van der Waals surface area contributed by atoms with E-state index in [9.17, 15) is 13.2 Å². The van der Waals surface area contributed by atoms with Crippen molar-refractivity contribution in [2.45, 2.75) is 25.4 Å². The number of aromatic nitrogens is 5. The Morgan fingerprint density at radius 2 is 1.75 bits per heavy atom. The minimum absolute atomic E-state index is 0.0417. The highest BCUT2D eigenvalue weighted by Gasteiger charge is 2.36. The van der Waals surface area contributed by atoms with Crippen LogP contribution in [0, 0.1) is 0 Å². The molecule has 0 amide bonds. The number of benzene rings is 1. The van der Waals surface area contributed by atoms with Gasteiger partial charge in [-0.15, -0.1) is 0 Å². The first-order chi connectivity index (χ1) is 13.5. The van der Waals surface area contributed by atoms with E-state index in [1.54, 1.807) is 12.3 Å². The summed E-state index contributed by atoms with van der Waals surface area (Å²) < 4.78 is 40.1. The SMILES string of the molecule is FC(F)(F)c1[nH]ncc1-c1cc(N2CCCCC2)c2c(ccc3[nH]ncc32)n1. The average Bonchev–Trinajstić information content (AvgIpc) is 3.36. The summed E-state index contributed by atoms with van der Waals surface area (Å²) in [6.07, 6.45) is 1.68. The second-order valence-corrected chi connectivity index (χ2v) is 7.02. The van der Waals surface area contributed by atoms with Crippen LogP contribution < -0.4 is 4.90 Å². The maximum atomic E-state index is 13.4. The van der Waals surface area contributed by atoms with Crippen LogP contribution in [0.5, 0.6) is 0 Å². The Kier molecular flexibility index (Phi) is 3.78. The van der Waals surface area contributed by atoms with Crippen LogP contribution in [0.3, 0.4) is 0 Å². The van der Waals surface area contributed by atoms with Crippen LogP contribution in [0.25, 0.3) is 33.1 Å². The van der Waals surface area contributed by atoms with Crippen LogP contribution in [0.1, 0.15) is 25.0 Å². The van der Waals surface area contributed by atoms with Crippen LogP contribution in [0.15, 0.2) is 30.6 Å². The van der Waals surface area contributed by atoms with E-state index in [0.29, 0.717) is 5.52 Å². The molecule has 2 N–H and O–H groups in total. The van der Waals surface area contributed by atoms with Gasteiger partial charge in [-0.25, -0.2) is 4.98 Å².